The van der Waals surface area contributed by atoms with E-state index in [-0.39, 0.29) is 6.61 Å². The number of hydrogen-bond donors (Lipinski definition) is 4. The number of fused-ring (bicyclic) bond motifs is 1. The lowest BCUT2D eigenvalue weighted by molar-refractivity contribution is 0.296. The summed E-state index contributed by atoms with van der Waals surface area (Å²) in [5, 5.41) is 22.1. The Morgan fingerprint density at radius 3 is 2.00 bits per heavy atom. The number of aromatic hydroxyl groups is 1. The zero-order valence-electron chi connectivity index (χ0n) is 12.9. The van der Waals surface area contributed by atoms with Gasteiger partial charge in [-0.1, -0.05) is 44.2 Å². The first-order valence-corrected chi connectivity index (χ1v) is 6.79. The summed E-state index contributed by atoms with van der Waals surface area (Å²) in [5.41, 5.74) is 4.50. The first-order valence-electron chi connectivity index (χ1n) is 6.79. The van der Waals surface area contributed by atoms with Gasteiger partial charge in [0.25, 0.3) is 0 Å². The van der Waals surface area contributed by atoms with Gasteiger partial charge >= 0.3 is 0 Å². The predicted octanol–water partition coefficient (Wildman–Crippen LogP) is 2.34. The highest BCUT2D eigenvalue weighted by Gasteiger charge is 1.91. The summed E-state index contributed by atoms with van der Waals surface area (Å²) >= 11 is 0. The molecule has 0 radical (unpaired) electrons. The average molecular weight is 280 g/mol. The Labute approximate surface area is 122 Å². The quantitative estimate of drug-likeness (QED) is 0.681. The third-order valence-corrected chi connectivity index (χ3v) is 2.09. The van der Waals surface area contributed by atoms with Crippen molar-refractivity contribution in [2.45, 2.75) is 13.8 Å². The molecule has 2 aromatic rings. The molecule has 5 N–H and O–H groups in total. The molecule has 4 heteroatoms. The van der Waals surface area contributed by atoms with Gasteiger partial charge in [0.2, 0.25) is 0 Å². The monoisotopic (exact) mass is 280 g/mol. The van der Waals surface area contributed by atoms with Crippen LogP contribution >= 0.6 is 0 Å². The molecule has 0 spiro atoms. The molecule has 0 atom stereocenters. The Bertz CT molecular complexity index is 432. The lowest BCUT2D eigenvalue weighted by atomic mass is 10.1. The van der Waals surface area contributed by atoms with E-state index in [0.29, 0.717) is 12.3 Å². The van der Waals surface area contributed by atoms with Gasteiger partial charge in [-0.2, -0.15) is 0 Å². The van der Waals surface area contributed by atoms with Crippen LogP contribution in [0.1, 0.15) is 13.8 Å². The largest absolute Gasteiger partial charge is 0.508 e. The third-order valence-electron chi connectivity index (χ3n) is 2.09. The van der Waals surface area contributed by atoms with Gasteiger partial charge in [-0.25, -0.2) is 0 Å². The van der Waals surface area contributed by atoms with Crippen LogP contribution in [0.3, 0.4) is 0 Å². The minimum atomic E-state index is 0.233. The summed E-state index contributed by atoms with van der Waals surface area (Å²) < 4.78 is 0. The minimum Gasteiger partial charge on any atom is -0.508 e. The highest BCUT2D eigenvalue weighted by atomic mass is 16.3. The Morgan fingerprint density at radius 2 is 1.55 bits per heavy atom. The van der Waals surface area contributed by atoms with E-state index in [4.69, 9.17) is 10.2 Å². The number of hydrogen-bond acceptors (Lipinski definition) is 4. The molecule has 0 heterocycles. The van der Waals surface area contributed by atoms with E-state index in [0.717, 1.165) is 10.8 Å². The predicted molar refractivity (Wildman–Crippen MR) is 88.1 cm³/mol. The number of aliphatic hydroxyl groups excluding tert-OH is 1. The summed E-state index contributed by atoms with van der Waals surface area (Å²) in [5.74, 6) is 0.323. The van der Waals surface area contributed by atoms with Crippen LogP contribution in [0.15, 0.2) is 42.5 Å². The normalized spacial score (nSPS) is 8.30. The van der Waals surface area contributed by atoms with E-state index < -0.39 is 0 Å². The number of rotatable bonds is 2. The Morgan fingerprint density at radius 1 is 1.00 bits per heavy atom. The van der Waals surface area contributed by atoms with Gasteiger partial charge in [-0.05, 0) is 37.0 Å². The van der Waals surface area contributed by atoms with Crippen LogP contribution in [0.25, 0.3) is 10.8 Å². The molecule has 2 rings (SSSR count). The maximum Gasteiger partial charge on any atom is 0.116 e. The molecule has 2 aromatic carbocycles. The highest BCUT2D eigenvalue weighted by molar-refractivity contribution is 5.83. The molecule has 0 saturated carbocycles. The molecular formula is C16H28N2O2. The van der Waals surface area contributed by atoms with Crippen LogP contribution in [0, 0.1) is 0 Å². The number of nitrogens with two attached hydrogens (primary N) is 1. The smallest absolute Gasteiger partial charge is 0.116 e. The van der Waals surface area contributed by atoms with E-state index in [1.165, 1.54) is 7.05 Å². The van der Waals surface area contributed by atoms with Crippen molar-refractivity contribution < 1.29 is 10.2 Å². The van der Waals surface area contributed by atoms with E-state index >= 15 is 0 Å². The molecule has 0 amide bonds. The lowest BCUT2D eigenvalue weighted by Gasteiger charge is -1.96. The average Bonchev–Trinajstić information content (AvgIpc) is 2.52. The molecule has 114 valence electrons. The number of nitrogens with one attached hydrogen (secondary N) is 1. The molecule has 0 unspecified atom stereocenters. The summed E-state index contributed by atoms with van der Waals surface area (Å²) in [4.78, 5) is 0. The summed E-state index contributed by atoms with van der Waals surface area (Å²) in [6.45, 7) is 4.93. The van der Waals surface area contributed by atoms with E-state index in [9.17, 15) is 0 Å². The SMILES string of the molecule is CC.CN.CNCCO.Oc1ccc2ccccc2c1. The molecule has 0 aliphatic heterocycles. The van der Waals surface area contributed by atoms with Gasteiger partial charge in [0.15, 0.2) is 0 Å². The topological polar surface area (TPSA) is 78.5 Å². The number of phenols is 1. The van der Waals surface area contributed by atoms with Crippen LogP contribution in [-0.2, 0) is 0 Å². The van der Waals surface area contributed by atoms with Crippen LogP contribution in [0.5, 0.6) is 5.75 Å². The molecule has 4 nitrogen and oxygen atoms in total. The zero-order chi connectivity index (χ0) is 15.8. The fourth-order valence-electron chi connectivity index (χ4n) is 1.29. The molecule has 0 aromatic heterocycles. The van der Waals surface area contributed by atoms with Crippen LogP contribution in [0.2, 0.25) is 0 Å². The standard InChI is InChI=1S/C10H8O.C3H9NO.C2H6.CH5N/c11-10-6-5-8-3-1-2-4-9(8)7-10;1-4-2-3-5;2*1-2/h1-7,11H;4-5H,2-3H2,1H3;1-2H3;2H2,1H3. The van der Waals surface area contributed by atoms with Crippen molar-refractivity contribution in [2.24, 2.45) is 5.73 Å². The molecule has 0 aliphatic rings. The van der Waals surface area contributed by atoms with Crippen LogP contribution in [0.4, 0.5) is 0 Å². The fourth-order valence-corrected chi connectivity index (χ4v) is 1.29. The maximum atomic E-state index is 9.13. The number of benzene rings is 2. The summed E-state index contributed by atoms with van der Waals surface area (Å²) in [7, 11) is 3.30. The first kappa shape index (κ1) is 20.7. The van der Waals surface area contributed by atoms with Crippen molar-refractivity contribution >= 4 is 10.8 Å². The summed E-state index contributed by atoms with van der Waals surface area (Å²) in [6.07, 6.45) is 0. The van der Waals surface area contributed by atoms with Gasteiger partial charge in [-0.15, -0.1) is 0 Å². The minimum absolute atomic E-state index is 0.233. The van der Waals surface area contributed by atoms with Crippen LogP contribution in [-0.4, -0.2) is 37.5 Å². The summed E-state index contributed by atoms with van der Waals surface area (Å²) in [6, 6.07) is 13.3. The number of likely N-dealkylation sites (N-methyl/N-ethyl adjacent to an activating group) is 1. The Hall–Kier alpha value is -1.62. The van der Waals surface area contributed by atoms with Crippen molar-refractivity contribution in [3.05, 3.63) is 42.5 Å². The van der Waals surface area contributed by atoms with Crippen molar-refractivity contribution in [3.8, 4) is 5.75 Å². The second-order valence-electron chi connectivity index (χ2n) is 3.36. The van der Waals surface area contributed by atoms with Crippen molar-refractivity contribution in [2.75, 3.05) is 27.2 Å². The number of aliphatic hydroxyl groups is 1. The van der Waals surface area contributed by atoms with Crippen molar-refractivity contribution in [1.82, 2.24) is 5.32 Å². The molecule has 20 heavy (non-hydrogen) atoms. The van der Waals surface area contributed by atoms with Crippen LogP contribution < -0.4 is 11.1 Å². The van der Waals surface area contributed by atoms with Gasteiger partial charge in [0, 0.05) is 6.54 Å². The van der Waals surface area contributed by atoms with Gasteiger partial charge < -0.3 is 21.3 Å². The molecule has 0 bridgehead atoms. The second-order valence-corrected chi connectivity index (χ2v) is 3.36. The van der Waals surface area contributed by atoms with Crippen molar-refractivity contribution in [3.63, 3.8) is 0 Å². The third kappa shape index (κ3) is 9.33. The van der Waals surface area contributed by atoms with Gasteiger partial charge in [0.05, 0.1) is 6.61 Å². The zero-order valence-corrected chi connectivity index (χ0v) is 12.9. The van der Waals surface area contributed by atoms with E-state index in [2.05, 4.69) is 11.1 Å². The molecule has 0 saturated heterocycles. The van der Waals surface area contributed by atoms with E-state index in [1.54, 1.807) is 19.2 Å². The Kier molecular flexibility index (Phi) is 16.0. The van der Waals surface area contributed by atoms with Crippen molar-refractivity contribution in [1.29, 1.82) is 0 Å². The van der Waals surface area contributed by atoms with Gasteiger partial charge in [0.1, 0.15) is 5.75 Å². The first-order chi connectivity index (χ1) is 9.77. The fraction of sp³-hybridized carbons (Fsp3) is 0.375. The maximum absolute atomic E-state index is 9.13. The molecular weight excluding hydrogens is 252 g/mol. The second kappa shape index (κ2) is 15.4. The van der Waals surface area contributed by atoms with Gasteiger partial charge in [-0.3, -0.25) is 0 Å². The van der Waals surface area contributed by atoms with E-state index in [1.807, 2.05) is 44.2 Å². The molecule has 0 aliphatic carbocycles. The number of phenolic OH excluding ortho intramolecular Hbond substituents is 1. The molecule has 0 fully saturated rings. The lowest BCUT2D eigenvalue weighted by Crippen LogP contribution is -2.10. The highest BCUT2D eigenvalue weighted by Crippen LogP contribution is 2.18. The Balaban J connectivity index is 0.